The number of rotatable bonds is 7. The largest absolute Gasteiger partial charge is 0.368 e. The normalized spacial score (nSPS) is 14.1. The standard InChI is InChI=1S/C25H30N8O/c1-2-3-7-19-11-22(31-25(26)30-19)21-14-28-24-20(21)10-17(12-27-24)18-13-29-33(15-18)16-23(34)32-8-5-4-6-9-32/h10-15H,2-9,16H2,1H3,(H,27,28)(H2,26,30,31). The van der Waals surface area contributed by atoms with Crippen LogP contribution in [0.25, 0.3) is 33.4 Å². The minimum atomic E-state index is 0.121. The maximum Gasteiger partial charge on any atom is 0.244 e. The Morgan fingerprint density at radius 3 is 2.79 bits per heavy atom. The van der Waals surface area contributed by atoms with E-state index in [9.17, 15) is 4.79 Å². The van der Waals surface area contributed by atoms with Crippen molar-refractivity contribution in [3.8, 4) is 22.4 Å². The van der Waals surface area contributed by atoms with Crippen molar-refractivity contribution in [1.29, 1.82) is 0 Å². The number of hydrogen-bond donors (Lipinski definition) is 2. The number of nitrogen functional groups attached to an aromatic ring is 1. The minimum Gasteiger partial charge on any atom is -0.368 e. The Morgan fingerprint density at radius 1 is 1.12 bits per heavy atom. The summed E-state index contributed by atoms with van der Waals surface area (Å²) >= 11 is 0. The molecular formula is C25H30N8O. The van der Waals surface area contributed by atoms with Crippen molar-refractivity contribution in [2.24, 2.45) is 0 Å². The van der Waals surface area contributed by atoms with E-state index < -0.39 is 0 Å². The highest BCUT2D eigenvalue weighted by atomic mass is 16.2. The van der Waals surface area contributed by atoms with Gasteiger partial charge in [-0.05, 0) is 44.2 Å². The molecule has 1 aliphatic heterocycles. The number of nitrogens with one attached hydrogen (secondary N) is 1. The molecule has 0 aliphatic carbocycles. The van der Waals surface area contributed by atoms with E-state index in [0.29, 0.717) is 0 Å². The molecule has 5 heterocycles. The smallest absolute Gasteiger partial charge is 0.244 e. The van der Waals surface area contributed by atoms with Crippen molar-refractivity contribution in [2.75, 3.05) is 18.8 Å². The van der Waals surface area contributed by atoms with Crippen LogP contribution in [0.2, 0.25) is 0 Å². The number of pyridine rings is 1. The second-order valence-electron chi connectivity index (χ2n) is 8.90. The molecule has 1 saturated heterocycles. The zero-order valence-corrected chi connectivity index (χ0v) is 19.5. The number of anilines is 1. The molecule has 1 amide bonds. The number of amides is 1. The summed E-state index contributed by atoms with van der Waals surface area (Å²) in [6.45, 7) is 4.10. The Balaban J connectivity index is 1.41. The van der Waals surface area contributed by atoms with Crippen LogP contribution in [0.1, 0.15) is 44.7 Å². The van der Waals surface area contributed by atoms with E-state index in [1.54, 1.807) is 10.9 Å². The fraction of sp³-hybridized carbons (Fsp3) is 0.400. The Morgan fingerprint density at radius 2 is 1.97 bits per heavy atom. The van der Waals surface area contributed by atoms with Gasteiger partial charge in [0.05, 0.1) is 11.9 Å². The number of likely N-dealkylation sites (tertiary alicyclic amines) is 1. The van der Waals surface area contributed by atoms with Gasteiger partial charge in [-0.2, -0.15) is 5.10 Å². The lowest BCUT2D eigenvalue weighted by atomic mass is 10.1. The van der Waals surface area contributed by atoms with E-state index in [-0.39, 0.29) is 18.4 Å². The molecule has 0 aromatic carbocycles. The van der Waals surface area contributed by atoms with Gasteiger partial charge in [0, 0.05) is 59.5 Å². The van der Waals surface area contributed by atoms with E-state index in [4.69, 9.17) is 5.73 Å². The van der Waals surface area contributed by atoms with E-state index in [0.717, 1.165) is 84.3 Å². The lowest BCUT2D eigenvalue weighted by Gasteiger charge is -2.26. The van der Waals surface area contributed by atoms with E-state index >= 15 is 0 Å². The Hall–Kier alpha value is -3.75. The molecule has 0 radical (unpaired) electrons. The molecule has 0 bridgehead atoms. The number of nitrogens with zero attached hydrogens (tertiary/aromatic N) is 6. The second-order valence-corrected chi connectivity index (χ2v) is 8.90. The number of aryl methyl sites for hydroxylation is 1. The van der Waals surface area contributed by atoms with Crippen molar-refractivity contribution in [2.45, 2.75) is 52.0 Å². The fourth-order valence-electron chi connectivity index (χ4n) is 4.50. The lowest BCUT2D eigenvalue weighted by Crippen LogP contribution is -2.37. The highest BCUT2D eigenvalue weighted by molar-refractivity contribution is 5.95. The number of unbranched alkanes of at least 4 members (excludes halogenated alkanes) is 1. The maximum atomic E-state index is 12.6. The monoisotopic (exact) mass is 458 g/mol. The van der Waals surface area contributed by atoms with Crippen molar-refractivity contribution >= 4 is 22.9 Å². The van der Waals surface area contributed by atoms with Crippen LogP contribution in [-0.2, 0) is 17.8 Å². The van der Waals surface area contributed by atoms with E-state index in [1.807, 2.05) is 29.6 Å². The number of carbonyl (C=O) groups excluding carboxylic acids is 1. The average Bonchev–Trinajstić information content (AvgIpc) is 3.49. The fourth-order valence-corrected chi connectivity index (χ4v) is 4.50. The van der Waals surface area contributed by atoms with Gasteiger partial charge in [-0.25, -0.2) is 15.0 Å². The zero-order chi connectivity index (χ0) is 23.5. The van der Waals surface area contributed by atoms with Gasteiger partial charge in [-0.3, -0.25) is 9.48 Å². The van der Waals surface area contributed by atoms with Crippen LogP contribution < -0.4 is 5.73 Å². The van der Waals surface area contributed by atoms with Crippen LogP contribution >= 0.6 is 0 Å². The summed E-state index contributed by atoms with van der Waals surface area (Å²) in [5.41, 5.74) is 11.3. The molecule has 4 aromatic rings. The summed E-state index contributed by atoms with van der Waals surface area (Å²) in [5, 5.41) is 5.38. The quantitative estimate of drug-likeness (QED) is 0.435. The van der Waals surface area contributed by atoms with Gasteiger partial charge in [0.25, 0.3) is 0 Å². The van der Waals surface area contributed by atoms with Crippen LogP contribution in [0.5, 0.6) is 0 Å². The Kier molecular flexibility index (Phi) is 6.24. The average molecular weight is 459 g/mol. The van der Waals surface area contributed by atoms with Crippen molar-refractivity contribution in [3.63, 3.8) is 0 Å². The predicted molar refractivity (Wildman–Crippen MR) is 132 cm³/mol. The number of nitrogens with two attached hydrogens (primary N) is 1. The van der Waals surface area contributed by atoms with Gasteiger partial charge in [-0.1, -0.05) is 13.3 Å². The van der Waals surface area contributed by atoms with Crippen molar-refractivity contribution < 1.29 is 4.79 Å². The molecule has 0 unspecified atom stereocenters. The van der Waals surface area contributed by atoms with Gasteiger partial charge < -0.3 is 15.6 Å². The van der Waals surface area contributed by atoms with Crippen LogP contribution in [0.3, 0.4) is 0 Å². The number of aromatic nitrogens is 6. The molecule has 1 aliphatic rings. The number of hydrogen-bond acceptors (Lipinski definition) is 6. The predicted octanol–water partition coefficient (Wildman–Crippen LogP) is 3.82. The summed E-state index contributed by atoms with van der Waals surface area (Å²) < 4.78 is 1.71. The molecule has 1 fully saturated rings. The third-order valence-corrected chi connectivity index (χ3v) is 6.36. The van der Waals surface area contributed by atoms with Crippen LogP contribution in [0.15, 0.2) is 36.9 Å². The van der Waals surface area contributed by atoms with Crippen LogP contribution in [0.4, 0.5) is 5.95 Å². The highest BCUT2D eigenvalue weighted by Gasteiger charge is 2.18. The molecule has 9 heteroatoms. The summed E-state index contributed by atoms with van der Waals surface area (Å²) in [6.07, 6.45) is 13.8. The molecule has 4 aromatic heterocycles. The molecule has 9 nitrogen and oxygen atoms in total. The number of H-pyrrole nitrogens is 1. The SMILES string of the molecule is CCCCc1cc(-c2c[nH]c3ncc(-c4cnn(CC(=O)N5CCCCC5)c4)cc23)nc(N)n1. The van der Waals surface area contributed by atoms with E-state index in [2.05, 4.69) is 38.0 Å². The second kappa shape index (κ2) is 9.62. The Bertz CT molecular complexity index is 1300. The topological polar surface area (TPSA) is 119 Å². The number of aromatic amines is 1. The van der Waals surface area contributed by atoms with E-state index in [1.165, 1.54) is 6.42 Å². The van der Waals surface area contributed by atoms with Gasteiger partial charge in [0.2, 0.25) is 11.9 Å². The molecule has 5 rings (SSSR count). The number of piperidine rings is 1. The first-order chi connectivity index (χ1) is 16.6. The third-order valence-electron chi connectivity index (χ3n) is 6.36. The molecular weight excluding hydrogens is 428 g/mol. The first-order valence-electron chi connectivity index (χ1n) is 12.0. The molecule has 34 heavy (non-hydrogen) atoms. The molecule has 0 spiro atoms. The van der Waals surface area contributed by atoms with Crippen molar-refractivity contribution in [3.05, 3.63) is 42.6 Å². The summed E-state index contributed by atoms with van der Waals surface area (Å²) in [5.74, 6) is 0.401. The van der Waals surface area contributed by atoms with Crippen LogP contribution in [-0.4, -0.2) is 53.6 Å². The van der Waals surface area contributed by atoms with Gasteiger partial charge in [-0.15, -0.1) is 0 Å². The summed E-state index contributed by atoms with van der Waals surface area (Å²) in [4.78, 5) is 31.2. The van der Waals surface area contributed by atoms with Crippen LogP contribution in [0, 0.1) is 0 Å². The summed E-state index contributed by atoms with van der Waals surface area (Å²) in [6, 6.07) is 4.08. The molecule has 0 atom stereocenters. The first kappa shape index (κ1) is 22.1. The number of carbonyl (C=O) groups is 1. The Labute approximate surface area is 198 Å². The van der Waals surface area contributed by atoms with Gasteiger partial charge >= 0.3 is 0 Å². The first-order valence-corrected chi connectivity index (χ1v) is 12.0. The molecule has 0 saturated carbocycles. The van der Waals surface area contributed by atoms with Gasteiger partial charge in [0.1, 0.15) is 12.2 Å². The summed E-state index contributed by atoms with van der Waals surface area (Å²) in [7, 11) is 0. The zero-order valence-electron chi connectivity index (χ0n) is 19.5. The molecule has 3 N–H and O–H groups in total. The minimum absolute atomic E-state index is 0.121. The maximum absolute atomic E-state index is 12.6. The van der Waals surface area contributed by atoms with Crippen molar-refractivity contribution in [1.82, 2.24) is 34.6 Å². The molecule has 176 valence electrons. The highest BCUT2D eigenvalue weighted by Crippen LogP contribution is 2.30. The van der Waals surface area contributed by atoms with Gasteiger partial charge in [0.15, 0.2) is 0 Å². The lowest BCUT2D eigenvalue weighted by molar-refractivity contribution is -0.132. The third kappa shape index (κ3) is 4.64. The number of fused-ring (bicyclic) bond motifs is 1.